The minimum absolute atomic E-state index is 0.0945. The summed E-state index contributed by atoms with van der Waals surface area (Å²) in [7, 11) is 0. The molecule has 0 unspecified atom stereocenters. The molecule has 5 nitrogen and oxygen atoms in total. The molecule has 3 aromatic carbocycles. The Hall–Kier alpha value is -3.60. The molecular formula is C25H26N2O3. The van der Waals surface area contributed by atoms with Crippen LogP contribution in [0.2, 0.25) is 0 Å². The van der Waals surface area contributed by atoms with E-state index in [-0.39, 0.29) is 12.5 Å². The Morgan fingerprint density at radius 1 is 0.933 bits per heavy atom. The predicted octanol–water partition coefficient (Wildman–Crippen LogP) is 4.72. The standard InChI is InChI=1S/C25H26N2O3/c1-18-12-13-19(2)25(20(18)3)30-17-24(28)27-26-15-22-10-7-11-23(14-22)29-16-21-8-5-4-6-9-21/h4-15H,16-17H2,1-3H3,(H,27,28). The quantitative estimate of drug-likeness (QED) is 0.438. The van der Waals surface area contributed by atoms with Gasteiger partial charge in [0, 0.05) is 0 Å². The van der Waals surface area contributed by atoms with Gasteiger partial charge in [0.15, 0.2) is 6.61 Å². The number of benzene rings is 3. The van der Waals surface area contributed by atoms with Crippen LogP contribution in [0.5, 0.6) is 11.5 Å². The monoisotopic (exact) mass is 402 g/mol. The maximum atomic E-state index is 12.1. The van der Waals surface area contributed by atoms with Crippen molar-refractivity contribution in [2.75, 3.05) is 6.61 Å². The number of nitrogens with zero attached hydrogens (tertiary/aromatic N) is 1. The van der Waals surface area contributed by atoms with Gasteiger partial charge >= 0.3 is 0 Å². The number of ether oxygens (including phenoxy) is 2. The number of hydrazone groups is 1. The highest BCUT2D eigenvalue weighted by atomic mass is 16.5. The number of carbonyl (C=O) groups is 1. The van der Waals surface area contributed by atoms with Gasteiger partial charge in [-0.3, -0.25) is 4.79 Å². The van der Waals surface area contributed by atoms with Gasteiger partial charge in [-0.15, -0.1) is 0 Å². The topological polar surface area (TPSA) is 59.9 Å². The summed E-state index contributed by atoms with van der Waals surface area (Å²) in [5.74, 6) is 1.17. The summed E-state index contributed by atoms with van der Waals surface area (Å²) in [5.41, 5.74) is 7.59. The third-order valence-electron chi connectivity index (χ3n) is 4.73. The van der Waals surface area contributed by atoms with Gasteiger partial charge in [0.25, 0.3) is 5.91 Å². The van der Waals surface area contributed by atoms with E-state index in [2.05, 4.69) is 10.5 Å². The summed E-state index contributed by atoms with van der Waals surface area (Å²) >= 11 is 0. The zero-order valence-electron chi connectivity index (χ0n) is 17.5. The van der Waals surface area contributed by atoms with E-state index >= 15 is 0 Å². The van der Waals surface area contributed by atoms with Crippen LogP contribution in [-0.2, 0) is 11.4 Å². The molecule has 0 aliphatic carbocycles. The molecule has 0 saturated heterocycles. The van der Waals surface area contributed by atoms with E-state index in [0.29, 0.717) is 6.61 Å². The molecule has 1 amide bonds. The maximum Gasteiger partial charge on any atom is 0.277 e. The number of hydrogen-bond donors (Lipinski definition) is 1. The molecule has 0 spiro atoms. The first-order valence-electron chi connectivity index (χ1n) is 9.81. The minimum atomic E-state index is -0.317. The van der Waals surface area contributed by atoms with E-state index in [0.717, 1.165) is 39.3 Å². The van der Waals surface area contributed by atoms with Crippen molar-refractivity contribution in [1.82, 2.24) is 5.43 Å². The fraction of sp³-hybridized carbons (Fsp3) is 0.200. The second kappa shape index (κ2) is 10.3. The predicted molar refractivity (Wildman–Crippen MR) is 119 cm³/mol. The van der Waals surface area contributed by atoms with Crippen LogP contribution in [0.3, 0.4) is 0 Å². The number of amides is 1. The van der Waals surface area contributed by atoms with Gasteiger partial charge in [-0.25, -0.2) is 5.43 Å². The lowest BCUT2D eigenvalue weighted by atomic mass is 10.1. The average molecular weight is 402 g/mol. The summed E-state index contributed by atoms with van der Waals surface area (Å²) in [6.07, 6.45) is 1.58. The van der Waals surface area contributed by atoms with Gasteiger partial charge in [0.2, 0.25) is 0 Å². The molecule has 154 valence electrons. The molecule has 3 aromatic rings. The fourth-order valence-electron chi connectivity index (χ4n) is 2.92. The zero-order chi connectivity index (χ0) is 21.3. The van der Waals surface area contributed by atoms with Crippen LogP contribution in [-0.4, -0.2) is 18.7 Å². The molecule has 3 rings (SSSR count). The summed E-state index contributed by atoms with van der Waals surface area (Å²) in [4.78, 5) is 12.1. The number of aryl methyl sites for hydroxylation is 2. The first-order chi connectivity index (χ1) is 14.5. The van der Waals surface area contributed by atoms with Crippen LogP contribution in [0.15, 0.2) is 71.8 Å². The fourth-order valence-corrected chi connectivity index (χ4v) is 2.92. The van der Waals surface area contributed by atoms with Crippen molar-refractivity contribution in [2.45, 2.75) is 27.4 Å². The highest BCUT2D eigenvalue weighted by Crippen LogP contribution is 2.25. The van der Waals surface area contributed by atoms with Crippen LogP contribution in [0.1, 0.15) is 27.8 Å². The van der Waals surface area contributed by atoms with Gasteiger partial charge in [0.05, 0.1) is 6.21 Å². The Labute approximate surface area is 177 Å². The summed E-state index contributed by atoms with van der Waals surface area (Å²) < 4.78 is 11.5. The number of rotatable bonds is 8. The molecule has 0 aromatic heterocycles. The van der Waals surface area contributed by atoms with Crippen molar-refractivity contribution < 1.29 is 14.3 Å². The van der Waals surface area contributed by atoms with Crippen molar-refractivity contribution in [3.8, 4) is 11.5 Å². The van der Waals surface area contributed by atoms with E-state index < -0.39 is 0 Å². The Balaban J connectivity index is 1.50. The molecule has 5 heteroatoms. The lowest BCUT2D eigenvalue weighted by Gasteiger charge is -2.13. The van der Waals surface area contributed by atoms with Crippen LogP contribution < -0.4 is 14.9 Å². The van der Waals surface area contributed by atoms with Crippen molar-refractivity contribution >= 4 is 12.1 Å². The number of hydrogen-bond acceptors (Lipinski definition) is 4. The third kappa shape index (κ3) is 5.95. The smallest absolute Gasteiger partial charge is 0.277 e. The SMILES string of the molecule is Cc1ccc(C)c(OCC(=O)NN=Cc2cccc(OCc3ccccc3)c2)c1C. The van der Waals surface area contributed by atoms with E-state index in [9.17, 15) is 4.79 Å². The lowest BCUT2D eigenvalue weighted by Crippen LogP contribution is -2.25. The van der Waals surface area contributed by atoms with Crippen LogP contribution >= 0.6 is 0 Å². The lowest BCUT2D eigenvalue weighted by molar-refractivity contribution is -0.123. The van der Waals surface area contributed by atoms with E-state index in [1.54, 1.807) is 6.21 Å². The van der Waals surface area contributed by atoms with Gasteiger partial charge in [0.1, 0.15) is 18.1 Å². The van der Waals surface area contributed by atoms with Crippen molar-refractivity contribution in [1.29, 1.82) is 0 Å². The first-order valence-corrected chi connectivity index (χ1v) is 9.81. The molecule has 0 atom stereocenters. The third-order valence-corrected chi connectivity index (χ3v) is 4.73. The van der Waals surface area contributed by atoms with Gasteiger partial charge in [-0.05, 0) is 60.7 Å². The van der Waals surface area contributed by atoms with Gasteiger partial charge in [-0.1, -0.05) is 54.6 Å². The molecule has 0 bridgehead atoms. The molecule has 0 saturated carbocycles. The Kier molecular flexibility index (Phi) is 7.22. The first kappa shape index (κ1) is 21.1. The van der Waals surface area contributed by atoms with Crippen molar-refractivity contribution in [2.24, 2.45) is 5.10 Å². The molecule has 0 aliphatic rings. The molecule has 0 fully saturated rings. The minimum Gasteiger partial charge on any atom is -0.489 e. The largest absolute Gasteiger partial charge is 0.489 e. The van der Waals surface area contributed by atoms with Crippen molar-refractivity contribution in [3.63, 3.8) is 0 Å². The zero-order valence-corrected chi connectivity index (χ0v) is 17.5. The molecule has 1 N–H and O–H groups in total. The highest BCUT2D eigenvalue weighted by Gasteiger charge is 2.08. The second-order valence-electron chi connectivity index (χ2n) is 7.08. The van der Waals surface area contributed by atoms with Gasteiger partial charge in [-0.2, -0.15) is 5.10 Å². The normalized spacial score (nSPS) is 10.8. The average Bonchev–Trinajstić information content (AvgIpc) is 2.76. The summed E-state index contributed by atoms with van der Waals surface area (Å²) in [6.45, 7) is 6.37. The molecule has 0 radical (unpaired) electrons. The maximum absolute atomic E-state index is 12.1. The van der Waals surface area contributed by atoms with Crippen molar-refractivity contribution in [3.05, 3.63) is 94.5 Å². The summed E-state index contributed by atoms with van der Waals surface area (Å²) in [6, 6.07) is 21.5. The van der Waals surface area contributed by atoms with E-state index in [4.69, 9.17) is 9.47 Å². The Morgan fingerprint density at radius 2 is 1.70 bits per heavy atom. The Bertz CT molecular complexity index is 1030. The number of nitrogens with one attached hydrogen (secondary N) is 1. The van der Waals surface area contributed by atoms with Crippen LogP contribution in [0, 0.1) is 20.8 Å². The second-order valence-corrected chi connectivity index (χ2v) is 7.08. The highest BCUT2D eigenvalue weighted by molar-refractivity contribution is 5.83. The van der Waals surface area contributed by atoms with Crippen LogP contribution in [0.4, 0.5) is 0 Å². The molecule has 30 heavy (non-hydrogen) atoms. The number of carbonyl (C=O) groups excluding carboxylic acids is 1. The van der Waals surface area contributed by atoms with E-state index in [1.807, 2.05) is 87.5 Å². The summed E-state index contributed by atoms with van der Waals surface area (Å²) in [5, 5.41) is 4.02. The molecule has 0 aliphatic heterocycles. The molecular weight excluding hydrogens is 376 g/mol. The van der Waals surface area contributed by atoms with E-state index in [1.165, 1.54) is 0 Å². The van der Waals surface area contributed by atoms with Gasteiger partial charge < -0.3 is 9.47 Å². The Morgan fingerprint density at radius 3 is 2.50 bits per heavy atom. The molecule has 0 heterocycles. The van der Waals surface area contributed by atoms with Crippen LogP contribution in [0.25, 0.3) is 0 Å².